The maximum absolute atomic E-state index is 12.8. The molecule has 18 heavy (non-hydrogen) atoms. The molecule has 0 aliphatic heterocycles. The highest BCUT2D eigenvalue weighted by Crippen LogP contribution is 2.26. The maximum Gasteiger partial charge on any atom is 0.138 e. The van der Waals surface area contributed by atoms with Crippen LogP contribution in [0.5, 0.6) is 5.75 Å². The molecule has 2 N–H and O–H groups in total. The molecule has 1 aliphatic rings. The van der Waals surface area contributed by atoms with Crippen molar-refractivity contribution in [2.24, 2.45) is 0 Å². The second-order valence-corrected chi connectivity index (χ2v) is 5.42. The van der Waals surface area contributed by atoms with Crippen LogP contribution in [0.2, 0.25) is 5.02 Å². The van der Waals surface area contributed by atoms with E-state index in [1.165, 1.54) is 31.0 Å². The fourth-order valence-corrected chi connectivity index (χ4v) is 1.75. The van der Waals surface area contributed by atoms with Gasteiger partial charge in [0.05, 0.1) is 5.02 Å². The van der Waals surface area contributed by atoms with Crippen LogP contribution in [-0.4, -0.2) is 29.9 Å². The molecule has 0 aromatic heterocycles. The molecule has 0 spiro atoms. The molecule has 1 aromatic carbocycles. The van der Waals surface area contributed by atoms with Gasteiger partial charge in [-0.2, -0.15) is 0 Å². The minimum atomic E-state index is -0.972. The molecule has 5 heteroatoms. The van der Waals surface area contributed by atoms with E-state index in [-0.39, 0.29) is 11.6 Å². The quantitative estimate of drug-likeness (QED) is 0.836. The van der Waals surface area contributed by atoms with Gasteiger partial charge in [-0.25, -0.2) is 4.39 Å². The first-order chi connectivity index (χ1) is 8.46. The Kier molecular flexibility index (Phi) is 4.10. The zero-order chi connectivity index (χ0) is 13.2. The van der Waals surface area contributed by atoms with Crippen LogP contribution in [0.1, 0.15) is 19.8 Å². The number of hydrogen-bond donors (Lipinski definition) is 2. The van der Waals surface area contributed by atoms with E-state index in [1.54, 1.807) is 6.92 Å². The van der Waals surface area contributed by atoms with E-state index in [1.807, 2.05) is 0 Å². The van der Waals surface area contributed by atoms with Crippen molar-refractivity contribution in [3.63, 3.8) is 0 Å². The summed E-state index contributed by atoms with van der Waals surface area (Å²) in [6.07, 6.45) is 2.33. The van der Waals surface area contributed by atoms with Crippen molar-refractivity contribution < 1.29 is 14.2 Å². The molecule has 100 valence electrons. The van der Waals surface area contributed by atoms with Gasteiger partial charge in [0.1, 0.15) is 23.8 Å². The molecule has 1 saturated carbocycles. The van der Waals surface area contributed by atoms with Crippen LogP contribution in [0.3, 0.4) is 0 Å². The van der Waals surface area contributed by atoms with E-state index >= 15 is 0 Å². The van der Waals surface area contributed by atoms with Crippen LogP contribution >= 0.6 is 11.6 Å². The number of nitrogens with one attached hydrogen (secondary N) is 1. The zero-order valence-corrected chi connectivity index (χ0v) is 11.0. The third-order valence-corrected chi connectivity index (χ3v) is 3.08. The van der Waals surface area contributed by atoms with Crippen molar-refractivity contribution in [3.8, 4) is 5.75 Å². The summed E-state index contributed by atoms with van der Waals surface area (Å²) in [5.41, 5.74) is -0.972. The number of benzene rings is 1. The number of rotatable bonds is 6. The Balaban J connectivity index is 1.84. The normalized spacial score (nSPS) is 18.4. The monoisotopic (exact) mass is 273 g/mol. The molecular weight excluding hydrogens is 257 g/mol. The Hall–Kier alpha value is -0.840. The highest BCUT2D eigenvalue weighted by atomic mass is 35.5. The summed E-state index contributed by atoms with van der Waals surface area (Å²) in [6, 6.07) is 4.46. The molecular formula is C13H17ClFNO2. The fraction of sp³-hybridized carbons (Fsp3) is 0.538. The van der Waals surface area contributed by atoms with Crippen LogP contribution in [-0.2, 0) is 0 Å². The van der Waals surface area contributed by atoms with Gasteiger partial charge in [-0.05, 0) is 38.0 Å². The molecule has 2 rings (SSSR count). The van der Waals surface area contributed by atoms with E-state index < -0.39 is 11.4 Å². The Labute approximate surface area is 111 Å². The molecule has 0 heterocycles. The van der Waals surface area contributed by atoms with E-state index in [9.17, 15) is 9.50 Å². The SMILES string of the molecule is CC(O)(CNC1CC1)COc1ccc(F)cc1Cl. The van der Waals surface area contributed by atoms with Gasteiger partial charge >= 0.3 is 0 Å². The number of hydrogen-bond acceptors (Lipinski definition) is 3. The van der Waals surface area contributed by atoms with Gasteiger partial charge < -0.3 is 15.2 Å². The summed E-state index contributed by atoms with van der Waals surface area (Å²) in [6.45, 7) is 2.27. The second-order valence-electron chi connectivity index (χ2n) is 5.02. The minimum absolute atomic E-state index is 0.109. The van der Waals surface area contributed by atoms with E-state index in [0.29, 0.717) is 18.3 Å². The minimum Gasteiger partial charge on any atom is -0.489 e. The van der Waals surface area contributed by atoms with Crippen LogP contribution in [0, 0.1) is 5.82 Å². The molecule has 0 amide bonds. The van der Waals surface area contributed by atoms with Crippen LogP contribution in [0.25, 0.3) is 0 Å². The van der Waals surface area contributed by atoms with Crippen molar-refractivity contribution in [2.75, 3.05) is 13.2 Å². The summed E-state index contributed by atoms with van der Waals surface area (Å²) in [5.74, 6) is -0.0285. The lowest BCUT2D eigenvalue weighted by Gasteiger charge is -2.24. The Morgan fingerprint density at radius 1 is 1.56 bits per heavy atom. The standard InChI is InChI=1S/C13H17ClFNO2/c1-13(17,7-16-10-3-4-10)8-18-12-5-2-9(15)6-11(12)14/h2,5-6,10,16-17H,3-4,7-8H2,1H3. The summed E-state index contributed by atoms with van der Waals surface area (Å²) >= 11 is 5.83. The summed E-state index contributed by atoms with van der Waals surface area (Å²) in [5, 5.41) is 13.5. The van der Waals surface area contributed by atoms with E-state index in [4.69, 9.17) is 16.3 Å². The van der Waals surface area contributed by atoms with Gasteiger partial charge in [-0.3, -0.25) is 0 Å². The smallest absolute Gasteiger partial charge is 0.138 e. The average Bonchev–Trinajstić information content (AvgIpc) is 3.09. The Bertz CT molecular complexity index is 421. The summed E-state index contributed by atoms with van der Waals surface area (Å²) < 4.78 is 18.3. The first-order valence-electron chi connectivity index (χ1n) is 6.00. The number of halogens is 2. The van der Waals surface area contributed by atoms with Gasteiger partial charge in [0.2, 0.25) is 0 Å². The largest absolute Gasteiger partial charge is 0.489 e. The van der Waals surface area contributed by atoms with Crippen molar-refractivity contribution >= 4 is 11.6 Å². The second kappa shape index (κ2) is 5.43. The predicted molar refractivity (Wildman–Crippen MR) is 68.6 cm³/mol. The Morgan fingerprint density at radius 2 is 2.28 bits per heavy atom. The highest BCUT2D eigenvalue weighted by molar-refractivity contribution is 6.32. The van der Waals surface area contributed by atoms with Crippen molar-refractivity contribution in [1.82, 2.24) is 5.32 Å². The third kappa shape index (κ3) is 4.12. The van der Waals surface area contributed by atoms with E-state index in [0.717, 1.165) is 0 Å². The molecule has 1 fully saturated rings. The maximum atomic E-state index is 12.8. The number of aliphatic hydroxyl groups is 1. The third-order valence-electron chi connectivity index (χ3n) is 2.78. The van der Waals surface area contributed by atoms with Gasteiger partial charge in [-0.15, -0.1) is 0 Å². The highest BCUT2D eigenvalue weighted by Gasteiger charge is 2.27. The Morgan fingerprint density at radius 3 is 2.89 bits per heavy atom. The number of ether oxygens (including phenoxy) is 1. The first kappa shape index (κ1) is 13.6. The lowest BCUT2D eigenvalue weighted by Crippen LogP contribution is -2.43. The van der Waals surface area contributed by atoms with Crippen LogP contribution < -0.4 is 10.1 Å². The summed E-state index contributed by atoms with van der Waals surface area (Å²) in [7, 11) is 0. The molecule has 0 radical (unpaired) electrons. The summed E-state index contributed by atoms with van der Waals surface area (Å²) in [4.78, 5) is 0. The van der Waals surface area contributed by atoms with E-state index in [2.05, 4.69) is 5.32 Å². The predicted octanol–water partition coefficient (Wildman–Crippen LogP) is 2.36. The van der Waals surface area contributed by atoms with Gasteiger partial charge in [0.25, 0.3) is 0 Å². The molecule has 1 unspecified atom stereocenters. The molecule has 1 atom stereocenters. The van der Waals surface area contributed by atoms with Crippen LogP contribution in [0.4, 0.5) is 4.39 Å². The average molecular weight is 274 g/mol. The van der Waals surface area contributed by atoms with Crippen molar-refractivity contribution in [1.29, 1.82) is 0 Å². The molecule has 3 nitrogen and oxygen atoms in total. The zero-order valence-electron chi connectivity index (χ0n) is 10.2. The fourth-order valence-electron chi connectivity index (χ4n) is 1.53. The molecule has 1 aromatic rings. The van der Waals surface area contributed by atoms with Gasteiger partial charge in [0.15, 0.2) is 0 Å². The molecule has 0 bridgehead atoms. The molecule has 1 aliphatic carbocycles. The van der Waals surface area contributed by atoms with Crippen molar-refractivity contribution in [3.05, 3.63) is 29.0 Å². The topological polar surface area (TPSA) is 41.5 Å². The van der Waals surface area contributed by atoms with Gasteiger partial charge in [0, 0.05) is 12.6 Å². The van der Waals surface area contributed by atoms with Crippen LogP contribution in [0.15, 0.2) is 18.2 Å². The van der Waals surface area contributed by atoms with Crippen molar-refractivity contribution in [2.45, 2.75) is 31.4 Å². The first-order valence-corrected chi connectivity index (χ1v) is 6.38. The lowest BCUT2D eigenvalue weighted by molar-refractivity contribution is 0.0120. The van der Waals surface area contributed by atoms with Gasteiger partial charge in [-0.1, -0.05) is 11.6 Å². The molecule has 0 saturated heterocycles. The lowest BCUT2D eigenvalue weighted by atomic mass is 10.1.